The summed E-state index contributed by atoms with van der Waals surface area (Å²) < 4.78 is 16.2. The van der Waals surface area contributed by atoms with Crippen LogP contribution in [0.4, 0.5) is 0 Å². The Morgan fingerprint density at radius 1 is 1.16 bits per heavy atom. The molecule has 7 heteroatoms. The maximum absolute atomic E-state index is 11.1. The zero-order valence-corrected chi connectivity index (χ0v) is 14.1. The lowest BCUT2D eigenvalue weighted by Crippen LogP contribution is -2.23. The van der Waals surface area contributed by atoms with Gasteiger partial charge in [0, 0.05) is 5.56 Å². The van der Waals surface area contributed by atoms with Gasteiger partial charge in [-0.05, 0) is 31.2 Å². The Morgan fingerprint density at radius 2 is 1.80 bits per heavy atom. The number of benzene rings is 2. The second kappa shape index (κ2) is 6.72. The number of hydrogen-bond acceptors (Lipinski definition) is 5. The topological polar surface area (TPSA) is 93.7 Å². The lowest BCUT2D eigenvalue weighted by molar-refractivity contribution is -0.144. The van der Waals surface area contributed by atoms with Crippen molar-refractivity contribution in [1.82, 2.24) is 9.97 Å². The van der Waals surface area contributed by atoms with Gasteiger partial charge in [-0.25, -0.2) is 9.78 Å². The molecule has 1 unspecified atom stereocenters. The van der Waals surface area contributed by atoms with E-state index in [1.807, 2.05) is 24.3 Å². The van der Waals surface area contributed by atoms with Gasteiger partial charge in [0.25, 0.3) is 0 Å². The molecule has 25 heavy (non-hydrogen) atoms. The predicted octanol–water partition coefficient (Wildman–Crippen LogP) is 3.10. The molecular weight excluding hydrogens is 324 g/mol. The number of para-hydroxylation sites is 2. The van der Waals surface area contributed by atoms with Crippen LogP contribution in [0.3, 0.4) is 0 Å². The molecule has 2 aromatic carbocycles. The van der Waals surface area contributed by atoms with Gasteiger partial charge in [0.2, 0.25) is 5.75 Å². The summed E-state index contributed by atoms with van der Waals surface area (Å²) in [6, 6.07) is 11.1. The number of ether oxygens (including phenoxy) is 3. The molecule has 1 heterocycles. The third-order valence-corrected chi connectivity index (χ3v) is 3.77. The van der Waals surface area contributed by atoms with Gasteiger partial charge in [-0.1, -0.05) is 12.1 Å². The van der Waals surface area contributed by atoms with Crippen LogP contribution in [-0.4, -0.2) is 41.4 Å². The average Bonchev–Trinajstić information content (AvgIpc) is 3.05. The first kappa shape index (κ1) is 16.6. The molecular formula is C18H18N2O5. The van der Waals surface area contributed by atoms with Gasteiger partial charge in [0.1, 0.15) is 5.82 Å². The van der Waals surface area contributed by atoms with Crippen LogP contribution in [0, 0.1) is 0 Å². The van der Waals surface area contributed by atoms with Crippen molar-refractivity contribution in [2.75, 3.05) is 14.2 Å². The number of imidazole rings is 1. The Hall–Kier alpha value is -3.22. The Labute approximate surface area is 144 Å². The number of aliphatic carboxylic acids is 1. The van der Waals surface area contributed by atoms with Crippen LogP contribution >= 0.6 is 0 Å². The van der Waals surface area contributed by atoms with Crippen molar-refractivity contribution in [3.8, 4) is 28.6 Å². The van der Waals surface area contributed by atoms with Crippen molar-refractivity contribution in [2.45, 2.75) is 13.0 Å². The minimum atomic E-state index is -1.08. The fourth-order valence-electron chi connectivity index (χ4n) is 2.45. The zero-order chi connectivity index (χ0) is 18.0. The summed E-state index contributed by atoms with van der Waals surface area (Å²) >= 11 is 0. The lowest BCUT2D eigenvalue weighted by atomic mass is 10.1. The number of aromatic amines is 1. The Kier molecular flexibility index (Phi) is 4.47. The van der Waals surface area contributed by atoms with Crippen LogP contribution in [0.15, 0.2) is 36.4 Å². The molecule has 0 saturated heterocycles. The number of rotatable bonds is 6. The molecule has 0 aliphatic heterocycles. The number of fused-ring (bicyclic) bond motifs is 1. The number of hydrogen-bond donors (Lipinski definition) is 2. The molecule has 0 amide bonds. The van der Waals surface area contributed by atoms with Crippen molar-refractivity contribution in [3.05, 3.63) is 36.4 Å². The highest BCUT2D eigenvalue weighted by molar-refractivity contribution is 5.80. The first-order chi connectivity index (χ1) is 12.0. The molecule has 2 N–H and O–H groups in total. The van der Waals surface area contributed by atoms with Crippen LogP contribution in [-0.2, 0) is 4.79 Å². The largest absolute Gasteiger partial charge is 0.493 e. The van der Waals surface area contributed by atoms with Crippen molar-refractivity contribution in [2.24, 2.45) is 0 Å². The number of nitrogens with zero attached hydrogens (tertiary/aromatic N) is 1. The van der Waals surface area contributed by atoms with Gasteiger partial charge in [-0.15, -0.1) is 0 Å². The number of aromatic nitrogens is 2. The second-order valence-electron chi connectivity index (χ2n) is 5.41. The maximum atomic E-state index is 11.1. The molecule has 0 saturated carbocycles. The molecule has 7 nitrogen and oxygen atoms in total. The molecule has 1 aromatic heterocycles. The van der Waals surface area contributed by atoms with Crippen LogP contribution in [0.2, 0.25) is 0 Å². The fraction of sp³-hybridized carbons (Fsp3) is 0.222. The van der Waals surface area contributed by atoms with E-state index in [0.717, 1.165) is 16.6 Å². The molecule has 0 spiro atoms. The van der Waals surface area contributed by atoms with Crippen molar-refractivity contribution < 1.29 is 24.1 Å². The van der Waals surface area contributed by atoms with Gasteiger partial charge >= 0.3 is 5.97 Å². The zero-order valence-electron chi connectivity index (χ0n) is 14.1. The van der Waals surface area contributed by atoms with Crippen LogP contribution < -0.4 is 14.2 Å². The minimum absolute atomic E-state index is 0.236. The number of methoxy groups -OCH3 is 2. The SMILES string of the molecule is COc1cc(-c2nc3ccccc3[nH]2)cc(OC)c1OC(C)C(=O)O. The third kappa shape index (κ3) is 3.21. The monoisotopic (exact) mass is 342 g/mol. The van der Waals surface area contributed by atoms with E-state index in [4.69, 9.17) is 19.3 Å². The smallest absolute Gasteiger partial charge is 0.344 e. The molecule has 3 aromatic rings. The van der Waals surface area contributed by atoms with Crippen molar-refractivity contribution >= 4 is 17.0 Å². The number of carboxylic acid groups (broad SMARTS) is 1. The quantitative estimate of drug-likeness (QED) is 0.715. The van der Waals surface area contributed by atoms with Gasteiger partial charge in [-0.2, -0.15) is 0 Å². The number of nitrogens with one attached hydrogen (secondary N) is 1. The third-order valence-electron chi connectivity index (χ3n) is 3.77. The molecule has 0 radical (unpaired) electrons. The summed E-state index contributed by atoms with van der Waals surface area (Å²) in [5, 5.41) is 9.06. The fourth-order valence-corrected chi connectivity index (χ4v) is 2.45. The van der Waals surface area contributed by atoms with Gasteiger partial charge in [0.15, 0.2) is 17.6 Å². The summed E-state index contributed by atoms with van der Waals surface area (Å²) in [5.41, 5.74) is 2.49. The van der Waals surface area contributed by atoms with Crippen LogP contribution in [0.25, 0.3) is 22.4 Å². The molecule has 0 aliphatic rings. The Bertz CT molecular complexity index is 861. The summed E-state index contributed by atoms with van der Waals surface area (Å²) in [7, 11) is 2.96. The van der Waals surface area contributed by atoms with E-state index in [2.05, 4.69) is 9.97 Å². The van der Waals surface area contributed by atoms with Gasteiger partial charge in [0.05, 0.1) is 25.3 Å². The highest BCUT2D eigenvalue weighted by atomic mass is 16.6. The summed E-state index contributed by atoms with van der Waals surface area (Å²) in [5.74, 6) is 0.534. The van der Waals surface area contributed by atoms with E-state index < -0.39 is 12.1 Å². The van der Waals surface area contributed by atoms with E-state index in [-0.39, 0.29) is 5.75 Å². The van der Waals surface area contributed by atoms with E-state index in [9.17, 15) is 4.79 Å². The highest BCUT2D eigenvalue weighted by Crippen LogP contribution is 2.41. The molecule has 130 valence electrons. The molecule has 3 rings (SSSR count). The molecule has 0 aliphatic carbocycles. The number of H-pyrrole nitrogens is 1. The number of carboxylic acids is 1. The first-order valence-electron chi connectivity index (χ1n) is 7.64. The van der Waals surface area contributed by atoms with Gasteiger partial charge < -0.3 is 24.3 Å². The maximum Gasteiger partial charge on any atom is 0.344 e. The molecule has 1 atom stereocenters. The van der Waals surface area contributed by atoms with Crippen molar-refractivity contribution in [1.29, 1.82) is 0 Å². The van der Waals surface area contributed by atoms with Crippen molar-refractivity contribution in [3.63, 3.8) is 0 Å². The molecule has 0 fully saturated rings. The average molecular weight is 342 g/mol. The van der Waals surface area contributed by atoms with Gasteiger partial charge in [-0.3, -0.25) is 0 Å². The normalized spacial score (nSPS) is 12.0. The predicted molar refractivity (Wildman–Crippen MR) is 92.4 cm³/mol. The summed E-state index contributed by atoms with van der Waals surface area (Å²) in [6.45, 7) is 1.44. The summed E-state index contributed by atoms with van der Waals surface area (Å²) in [4.78, 5) is 18.9. The lowest BCUT2D eigenvalue weighted by Gasteiger charge is -2.17. The highest BCUT2D eigenvalue weighted by Gasteiger charge is 2.21. The summed E-state index contributed by atoms with van der Waals surface area (Å²) in [6.07, 6.45) is -1.04. The standard InChI is InChI=1S/C18H18N2O5/c1-10(18(21)22)25-16-14(23-2)8-11(9-15(16)24-3)17-19-12-6-4-5-7-13(12)20-17/h4-10H,1-3H3,(H,19,20)(H,21,22). The molecule has 0 bridgehead atoms. The van der Waals surface area contributed by atoms with Crippen LogP contribution in [0.1, 0.15) is 6.92 Å². The van der Waals surface area contributed by atoms with E-state index in [1.165, 1.54) is 21.1 Å². The second-order valence-corrected chi connectivity index (χ2v) is 5.41. The van der Waals surface area contributed by atoms with E-state index in [1.54, 1.807) is 12.1 Å². The first-order valence-corrected chi connectivity index (χ1v) is 7.64. The van der Waals surface area contributed by atoms with E-state index >= 15 is 0 Å². The van der Waals surface area contributed by atoms with Crippen LogP contribution in [0.5, 0.6) is 17.2 Å². The minimum Gasteiger partial charge on any atom is -0.493 e. The Balaban J connectivity index is 2.08. The van der Waals surface area contributed by atoms with E-state index in [0.29, 0.717) is 17.3 Å². The number of carbonyl (C=O) groups is 1. The Morgan fingerprint density at radius 3 is 2.36 bits per heavy atom.